The van der Waals surface area contributed by atoms with Gasteiger partial charge < -0.3 is 10.1 Å². The molecule has 160 valence electrons. The van der Waals surface area contributed by atoms with Crippen LogP contribution in [0.4, 0.5) is 5.82 Å². The van der Waals surface area contributed by atoms with Crippen LogP contribution in [0, 0.1) is 0 Å². The third kappa shape index (κ3) is 4.22. The average Bonchev–Trinajstić information content (AvgIpc) is 3.23. The number of hydrogen-bond donors (Lipinski definition) is 2. The van der Waals surface area contributed by atoms with E-state index in [4.69, 9.17) is 27.9 Å². The lowest BCUT2D eigenvalue weighted by Crippen LogP contribution is -2.23. The van der Waals surface area contributed by atoms with Crippen LogP contribution in [0.25, 0.3) is 11.3 Å². The molecule has 1 aromatic heterocycles. The van der Waals surface area contributed by atoms with Crippen LogP contribution in [0.2, 0.25) is 10.0 Å². The first-order valence-corrected chi connectivity index (χ1v) is 10.9. The fourth-order valence-electron chi connectivity index (χ4n) is 3.92. The van der Waals surface area contributed by atoms with Crippen LogP contribution in [-0.2, 0) is 11.4 Å². The van der Waals surface area contributed by atoms with Crippen LogP contribution in [0.5, 0.6) is 5.75 Å². The van der Waals surface area contributed by atoms with Gasteiger partial charge in [-0.15, -0.1) is 0 Å². The summed E-state index contributed by atoms with van der Waals surface area (Å²) in [6, 6.07) is 23.0. The first-order valence-electron chi connectivity index (χ1n) is 10.2. The highest BCUT2D eigenvalue weighted by Gasteiger charge is 2.32. The van der Waals surface area contributed by atoms with E-state index in [2.05, 4.69) is 15.5 Å². The Kier molecular flexibility index (Phi) is 5.60. The van der Waals surface area contributed by atoms with E-state index in [1.165, 1.54) is 0 Å². The van der Waals surface area contributed by atoms with E-state index >= 15 is 0 Å². The van der Waals surface area contributed by atoms with Crippen LogP contribution < -0.4 is 10.1 Å². The Labute approximate surface area is 195 Å². The van der Waals surface area contributed by atoms with Crippen molar-refractivity contribution in [2.45, 2.75) is 18.9 Å². The van der Waals surface area contributed by atoms with Crippen molar-refractivity contribution in [3.05, 3.63) is 99.5 Å². The molecular formula is C25H19Cl2N3O2. The maximum absolute atomic E-state index is 12.3. The third-order valence-electron chi connectivity index (χ3n) is 5.53. The molecule has 2 heterocycles. The van der Waals surface area contributed by atoms with Gasteiger partial charge in [0.1, 0.15) is 12.4 Å². The van der Waals surface area contributed by atoms with Crippen LogP contribution in [0.15, 0.2) is 72.8 Å². The van der Waals surface area contributed by atoms with Crippen molar-refractivity contribution >= 4 is 34.9 Å². The zero-order valence-electron chi connectivity index (χ0n) is 16.9. The maximum Gasteiger partial charge on any atom is 0.226 e. The molecule has 1 atom stereocenters. The summed E-state index contributed by atoms with van der Waals surface area (Å²) in [5.74, 6) is 1.15. The fourth-order valence-corrected chi connectivity index (χ4v) is 4.17. The molecule has 1 aliphatic rings. The third-order valence-corrected chi connectivity index (χ3v) is 6.04. The molecule has 0 saturated heterocycles. The molecule has 1 unspecified atom stereocenters. The number of H-pyrrole nitrogens is 1. The summed E-state index contributed by atoms with van der Waals surface area (Å²) in [4.78, 5) is 12.3. The predicted molar refractivity (Wildman–Crippen MR) is 126 cm³/mol. The monoisotopic (exact) mass is 463 g/mol. The lowest BCUT2D eigenvalue weighted by atomic mass is 9.84. The molecule has 32 heavy (non-hydrogen) atoms. The van der Waals surface area contributed by atoms with Crippen molar-refractivity contribution in [1.82, 2.24) is 10.2 Å². The van der Waals surface area contributed by atoms with Crippen LogP contribution in [0.3, 0.4) is 0 Å². The first-order chi connectivity index (χ1) is 15.6. The Bertz CT molecular complexity index is 1250. The number of aromatic amines is 1. The molecule has 0 saturated carbocycles. The number of anilines is 1. The molecule has 2 N–H and O–H groups in total. The van der Waals surface area contributed by atoms with Gasteiger partial charge in [0.15, 0.2) is 5.82 Å². The second kappa shape index (κ2) is 8.69. The summed E-state index contributed by atoms with van der Waals surface area (Å²) in [6.45, 7) is 0.453. The van der Waals surface area contributed by atoms with Crippen LogP contribution in [0.1, 0.15) is 29.0 Å². The highest BCUT2D eigenvalue weighted by atomic mass is 35.5. The number of fused-ring (bicyclic) bond motifs is 1. The molecule has 0 spiro atoms. The van der Waals surface area contributed by atoms with E-state index in [1.54, 1.807) is 0 Å². The molecule has 0 aliphatic carbocycles. The minimum atomic E-state index is -0.117. The first kappa shape index (κ1) is 20.6. The number of aromatic nitrogens is 2. The minimum Gasteiger partial charge on any atom is -0.489 e. The Hall–Kier alpha value is -3.28. The number of rotatable bonds is 5. The molecule has 0 fully saturated rings. The highest BCUT2D eigenvalue weighted by Crippen LogP contribution is 2.42. The number of halogens is 2. The predicted octanol–water partition coefficient (Wildman–Crippen LogP) is 6.44. The largest absolute Gasteiger partial charge is 0.489 e. The molecule has 0 radical (unpaired) electrons. The Morgan fingerprint density at radius 1 is 0.906 bits per heavy atom. The van der Waals surface area contributed by atoms with Gasteiger partial charge in [0.25, 0.3) is 0 Å². The minimum absolute atomic E-state index is 0.0558. The second-order valence-electron chi connectivity index (χ2n) is 7.66. The molecule has 5 nitrogen and oxygen atoms in total. The van der Waals surface area contributed by atoms with E-state index in [0.717, 1.165) is 33.7 Å². The molecule has 5 rings (SSSR count). The van der Waals surface area contributed by atoms with Crippen molar-refractivity contribution < 1.29 is 9.53 Å². The molecule has 4 aromatic rings. The summed E-state index contributed by atoms with van der Waals surface area (Å²) in [6.07, 6.45) is 0.345. The standard InChI is InChI=1S/C25H19Cl2N3O2/c26-18-7-1-15(2-8-18)14-32-20-11-5-16(6-12-20)21-13-22(31)28-25-23(21)24(29-30-25)17-3-9-19(27)10-4-17/h1-12,21H,13-14H2,(H2,28,29,30,31). The van der Waals surface area contributed by atoms with Crippen molar-refractivity contribution in [3.63, 3.8) is 0 Å². The van der Waals surface area contributed by atoms with Crippen molar-refractivity contribution in [2.24, 2.45) is 0 Å². The van der Waals surface area contributed by atoms with Gasteiger partial charge in [0, 0.05) is 33.5 Å². The topological polar surface area (TPSA) is 67.0 Å². The number of nitrogens with zero attached hydrogens (tertiary/aromatic N) is 1. The summed E-state index contributed by atoms with van der Waals surface area (Å²) in [5, 5.41) is 11.7. The number of ether oxygens (including phenoxy) is 1. The number of carbonyl (C=O) groups is 1. The average molecular weight is 464 g/mol. The van der Waals surface area contributed by atoms with Crippen LogP contribution >= 0.6 is 23.2 Å². The lowest BCUT2D eigenvalue weighted by Gasteiger charge is -2.23. The zero-order chi connectivity index (χ0) is 22.1. The van der Waals surface area contributed by atoms with Gasteiger partial charge in [-0.3, -0.25) is 9.89 Å². The highest BCUT2D eigenvalue weighted by molar-refractivity contribution is 6.30. The van der Waals surface area contributed by atoms with Gasteiger partial charge in [-0.25, -0.2) is 0 Å². The zero-order valence-corrected chi connectivity index (χ0v) is 18.5. The van der Waals surface area contributed by atoms with Crippen molar-refractivity contribution in [3.8, 4) is 17.0 Å². The second-order valence-corrected chi connectivity index (χ2v) is 8.53. The molecular weight excluding hydrogens is 445 g/mol. The molecule has 1 amide bonds. The number of benzene rings is 3. The molecule has 7 heteroatoms. The van der Waals surface area contributed by atoms with E-state index in [9.17, 15) is 4.79 Å². The van der Waals surface area contributed by atoms with Crippen molar-refractivity contribution in [2.75, 3.05) is 5.32 Å². The van der Waals surface area contributed by atoms with E-state index in [0.29, 0.717) is 28.9 Å². The van der Waals surface area contributed by atoms with Gasteiger partial charge >= 0.3 is 0 Å². The molecule has 1 aliphatic heterocycles. The van der Waals surface area contributed by atoms with E-state index in [1.807, 2.05) is 72.8 Å². The Morgan fingerprint density at radius 3 is 2.25 bits per heavy atom. The Morgan fingerprint density at radius 2 is 1.56 bits per heavy atom. The Balaban J connectivity index is 1.40. The van der Waals surface area contributed by atoms with Gasteiger partial charge in [-0.1, -0.05) is 59.6 Å². The van der Waals surface area contributed by atoms with Gasteiger partial charge in [0.2, 0.25) is 5.91 Å². The normalized spacial score (nSPS) is 15.2. The molecule has 3 aromatic carbocycles. The smallest absolute Gasteiger partial charge is 0.226 e. The number of amides is 1. The summed E-state index contributed by atoms with van der Waals surface area (Å²) in [5.41, 5.74) is 4.88. The fraction of sp³-hybridized carbons (Fsp3) is 0.120. The van der Waals surface area contributed by atoms with E-state index < -0.39 is 0 Å². The summed E-state index contributed by atoms with van der Waals surface area (Å²) >= 11 is 12.0. The van der Waals surface area contributed by atoms with Crippen molar-refractivity contribution in [1.29, 1.82) is 0 Å². The quantitative estimate of drug-likeness (QED) is 0.357. The number of carbonyl (C=O) groups excluding carboxylic acids is 1. The number of hydrogen-bond acceptors (Lipinski definition) is 3. The lowest BCUT2D eigenvalue weighted by molar-refractivity contribution is -0.116. The number of nitrogens with one attached hydrogen (secondary N) is 2. The van der Waals surface area contributed by atoms with Crippen LogP contribution in [-0.4, -0.2) is 16.1 Å². The van der Waals surface area contributed by atoms with Gasteiger partial charge in [0.05, 0.1) is 5.69 Å². The van der Waals surface area contributed by atoms with Gasteiger partial charge in [-0.05, 0) is 47.5 Å². The van der Waals surface area contributed by atoms with Gasteiger partial charge in [-0.2, -0.15) is 5.10 Å². The summed E-state index contributed by atoms with van der Waals surface area (Å²) < 4.78 is 5.90. The SMILES string of the molecule is O=C1CC(c2ccc(OCc3ccc(Cl)cc3)cc2)c2c(n[nH]c2-c2ccc(Cl)cc2)N1. The van der Waals surface area contributed by atoms with E-state index in [-0.39, 0.29) is 11.8 Å². The summed E-state index contributed by atoms with van der Waals surface area (Å²) in [7, 11) is 0. The maximum atomic E-state index is 12.3. The molecule has 0 bridgehead atoms.